The molecule has 0 spiro atoms. The van der Waals surface area contributed by atoms with Crippen LogP contribution in [0.1, 0.15) is 5.56 Å². The highest BCUT2D eigenvalue weighted by Crippen LogP contribution is 2.23. The van der Waals surface area contributed by atoms with Crippen molar-refractivity contribution in [3.63, 3.8) is 0 Å². The quantitative estimate of drug-likeness (QED) is 0.863. The highest BCUT2D eigenvalue weighted by atomic mass is 79.9. The van der Waals surface area contributed by atoms with E-state index in [0.717, 1.165) is 15.7 Å². The van der Waals surface area contributed by atoms with Crippen LogP contribution in [0, 0.1) is 6.92 Å². The van der Waals surface area contributed by atoms with E-state index < -0.39 is 0 Å². The Bertz CT molecular complexity index is 644. The monoisotopic (exact) mass is 348 g/mol. The SMILES string of the molecule is COc1ccccc1NC(=O)CNc1ccc(C)c(Br)c1. The zero-order valence-corrected chi connectivity index (χ0v) is 13.5. The molecule has 0 radical (unpaired) electrons. The van der Waals surface area contributed by atoms with Gasteiger partial charge in [-0.1, -0.05) is 34.1 Å². The molecule has 4 nitrogen and oxygen atoms in total. The third-order valence-corrected chi connectivity index (χ3v) is 3.86. The number of rotatable bonds is 5. The van der Waals surface area contributed by atoms with Gasteiger partial charge in [0.1, 0.15) is 5.75 Å². The molecule has 21 heavy (non-hydrogen) atoms. The summed E-state index contributed by atoms with van der Waals surface area (Å²) >= 11 is 3.47. The molecule has 0 aliphatic carbocycles. The Morgan fingerprint density at radius 3 is 2.71 bits per heavy atom. The number of carbonyl (C=O) groups is 1. The number of anilines is 2. The predicted molar refractivity (Wildman–Crippen MR) is 89.0 cm³/mol. The minimum atomic E-state index is -0.129. The summed E-state index contributed by atoms with van der Waals surface area (Å²) in [4.78, 5) is 12.0. The maximum Gasteiger partial charge on any atom is 0.243 e. The lowest BCUT2D eigenvalue weighted by molar-refractivity contribution is -0.114. The lowest BCUT2D eigenvalue weighted by atomic mass is 10.2. The molecule has 5 heteroatoms. The van der Waals surface area contributed by atoms with Crippen molar-refractivity contribution in [2.75, 3.05) is 24.3 Å². The molecule has 2 aromatic rings. The number of halogens is 1. The summed E-state index contributed by atoms with van der Waals surface area (Å²) in [6.07, 6.45) is 0. The first-order chi connectivity index (χ1) is 10.1. The average Bonchev–Trinajstić information content (AvgIpc) is 2.49. The minimum Gasteiger partial charge on any atom is -0.495 e. The summed E-state index contributed by atoms with van der Waals surface area (Å²) in [6, 6.07) is 13.2. The molecule has 0 aromatic heterocycles. The third kappa shape index (κ3) is 4.23. The van der Waals surface area contributed by atoms with E-state index in [0.29, 0.717) is 11.4 Å². The number of ether oxygens (including phenoxy) is 1. The Labute approximate surface area is 132 Å². The van der Waals surface area contributed by atoms with E-state index in [9.17, 15) is 4.79 Å². The van der Waals surface area contributed by atoms with E-state index in [1.807, 2.05) is 37.3 Å². The van der Waals surface area contributed by atoms with Crippen LogP contribution in [-0.4, -0.2) is 19.6 Å². The van der Waals surface area contributed by atoms with Crippen LogP contribution in [0.4, 0.5) is 11.4 Å². The molecule has 2 rings (SSSR count). The second-order valence-electron chi connectivity index (χ2n) is 4.57. The zero-order valence-electron chi connectivity index (χ0n) is 11.9. The maximum absolute atomic E-state index is 12.0. The van der Waals surface area contributed by atoms with Crippen LogP contribution >= 0.6 is 15.9 Å². The molecule has 0 heterocycles. The van der Waals surface area contributed by atoms with Crippen molar-refractivity contribution in [2.24, 2.45) is 0 Å². The zero-order chi connectivity index (χ0) is 15.2. The predicted octanol–water partition coefficient (Wildman–Crippen LogP) is 3.82. The van der Waals surface area contributed by atoms with Crippen LogP contribution in [0.5, 0.6) is 5.75 Å². The van der Waals surface area contributed by atoms with Crippen LogP contribution in [0.25, 0.3) is 0 Å². The van der Waals surface area contributed by atoms with Gasteiger partial charge >= 0.3 is 0 Å². The Morgan fingerprint density at radius 1 is 1.24 bits per heavy atom. The Morgan fingerprint density at radius 2 is 2.00 bits per heavy atom. The van der Waals surface area contributed by atoms with E-state index in [4.69, 9.17) is 4.74 Å². The lowest BCUT2D eigenvalue weighted by Gasteiger charge is -2.11. The van der Waals surface area contributed by atoms with Gasteiger partial charge in [-0.2, -0.15) is 0 Å². The first-order valence-electron chi connectivity index (χ1n) is 6.53. The fraction of sp³-hybridized carbons (Fsp3) is 0.188. The first-order valence-corrected chi connectivity index (χ1v) is 7.32. The fourth-order valence-electron chi connectivity index (χ4n) is 1.83. The molecule has 1 amide bonds. The Balaban J connectivity index is 1.94. The Hall–Kier alpha value is -2.01. The minimum absolute atomic E-state index is 0.129. The van der Waals surface area contributed by atoms with Gasteiger partial charge in [0.15, 0.2) is 0 Å². The summed E-state index contributed by atoms with van der Waals surface area (Å²) in [7, 11) is 1.58. The standard InChI is InChI=1S/C16H17BrN2O2/c1-11-7-8-12(9-13(11)17)18-10-16(20)19-14-5-3-4-6-15(14)21-2/h3-9,18H,10H2,1-2H3,(H,19,20). The van der Waals surface area contributed by atoms with Crippen molar-refractivity contribution in [1.82, 2.24) is 0 Å². The number of amides is 1. The van der Waals surface area contributed by atoms with Gasteiger partial charge < -0.3 is 15.4 Å². The van der Waals surface area contributed by atoms with Crippen LogP contribution in [0.3, 0.4) is 0 Å². The topological polar surface area (TPSA) is 50.4 Å². The summed E-state index contributed by atoms with van der Waals surface area (Å²) in [5.41, 5.74) is 2.71. The van der Waals surface area contributed by atoms with Gasteiger partial charge in [-0.15, -0.1) is 0 Å². The lowest BCUT2D eigenvalue weighted by Crippen LogP contribution is -2.22. The number of aryl methyl sites for hydroxylation is 1. The number of benzene rings is 2. The number of hydrogen-bond acceptors (Lipinski definition) is 3. The normalized spacial score (nSPS) is 10.0. The summed E-state index contributed by atoms with van der Waals surface area (Å²) < 4.78 is 6.21. The van der Waals surface area contributed by atoms with Gasteiger partial charge in [-0.3, -0.25) is 4.79 Å². The number of nitrogens with one attached hydrogen (secondary N) is 2. The van der Waals surface area contributed by atoms with E-state index in [1.165, 1.54) is 0 Å². The number of para-hydroxylation sites is 2. The van der Waals surface area contributed by atoms with Gasteiger partial charge in [0.05, 0.1) is 19.3 Å². The fourth-order valence-corrected chi connectivity index (χ4v) is 2.21. The van der Waals surface area contributed by atoms with Crippen LogP contribution in [-0.2, 0) is 4.79 Å². The molecule has 0 bridgehead atoms. The van der Waals surface area contributed by atoms with Gasteiger partial charge in [0, 0.05) is 10.2 Å². The van der Waals surface area contributed by atoms with E-state index >= 15 is 0 Å². The molecule has 0 aliphatic heterocycles. The van der Waals surface area contributed by atoms with E-state index in [-0.39, 0.29) is 12.5 Å². The average molecular weight is 349 g/mol. The van der Waals surface area contributed by atoms with E-state index in [1.54, 1.807) is 19.2 Å². The van der Waals surface area contributed by atoms with Gasteiger partial charge in [0.2, 0.25) is 5.91 Å². The highest BCUT2D eigenvalue weighted by Gasteiger charge is 2.06. The molecule has 0 aliphatic rings. The van der Waals surface area contributed by atoms with Gasteiger partial charge in [-0.25, -0.2) is 0 Å². The smallest absolute Gasteiger partial charge is 0.243 e. The molecule has 110 valence electrons. The van der Waals surface area contributed by atoms with Gasteiger partial charge in [0.25, 0.3) is 0 Å². The van der Waals surface area contributed by atoms with Crippen molar-refractivity contribution in [2.45, 2.75) is 6.92 Å². The third-order valence-electron chi connectivity index (χ3n) is 3.01. The summed E-state index contributed by atoms with van der Waals surface area (Å²) in [5.74, 6) is 0.514. The second-order valence-corrected chi connectivity index (χ2v) is 5.42. The van der Waals surface area contributed by atoms with Crippen molar-refractivity contribution in [3.8, 4) is 5.75 Å². The molecular formula is C16H17BrN2O2. The molecule has 2 aromatic carbocycles. The molecule has 0 atom stereocenters. The molecule has 0 fully saturated rings. The van der Waals surface area contributed by atoms with Crippen LogP contribution in [0.15, 0.2) is 46.9 Å². The van der Waals surface area contributed by atoms with Crippen LogP contribution < -0.4 is 15.4 Å². The van der Waals surface area contributed by atoms with Crippen molar-refractivity contribution in [1.29, 1.82) is 0 Å². The van der Waals surface area contributed by atoms with Gasteiger partial charge in [-0.05, 0) is 36.8 Å². The largest absolute Gasteiger partial charge is 0.495 e. The van der Waals surface area contributed by atoms with Crippen molar-refractivity contribution >= 4 is 33.2 Å². The highest BCUT2D eigenvalue weighted by molar-refractivity contribution is 9.10. The van der Waals surface area contributed by atoms with E-state index in [2.05, 4.69) is 26.6 Å². The maximum atomic E-state index is 12.0. The summed E-state index contributed by atoms with van der Waals surface area (Å²) in [6.45, 7) is 2.20. The molecular weight excluding hydrogens is 332 g/mol. The van der Waals surface area contributed by atoms with Crippen LogP contribution in [0.2, 0.25) is 0 Å². The van der Waals surface area contributed by atoms with Crippen molar-refractivity contribution in [3.05, 3.63) is 52.5 Å². The van der Waals surface area contributed by atoms with Crippen molar-refractivity contribution < 1.29 is 9.53 Å². The Kier molecular flexibility index (Phi) is 5.22. The number of carbonyl (C=O) groups excluding carboxylic acids is 1. The second kappa shape index (κ2) is 7.13. The molecule has 2 N–H and O–H groups in total. The number of hydrogen-bond donors (Lipinski definition) is 2. The first kappa shape index (κ1) is 15.4. The molecule has 0 unspecified atom stereocenters. The summed E-state index contributed by atoms with van der Waals surface area (Å²) in [5, 5.41) is 5.91. The molecule has 0 saturated carbocycles. The number of methoxy groups -OCH3 is 1. The molecule has 0 saturated heterocycles.